The number of primary sulfonamides is 1. The fourth-order valence-electron chi connectivity index (χ4n) is 4.38. The second-order valence-corrected chi connectivity index (χ2v) is 11.7. The predicted molar refractivity (Wildman–Crippen MR) is 145 cm³/mol. The average molecular weight is 584 g/mol. The number of hydrogen-bond acceptors (Lipinski definition) is 5. The summed E-state index contributed by atoms with van der Waals surface area (Å²) in [5.74, 6) is -1.37. The first-order valence-corrected chi connectivity index (χ1v) is 14.1. The van der Waals surface area contributed by atoms with Gasteiger partial charge in [-0.15, -0.1) is 0 Å². The van der Waals surface area contributed by atoms with Crippen molar-refractivity contribution in [2.24, 2.45) is 5.14 Å². The van der Waals surface area contributed by atoms with Gasteiger partial charge in [0, 0.05) is 16.6 Å². The van der Waals surface area contributed by atoms with Crippen molar-refractivity contribution < 1.29 is 23.1 Å². The Balaban J connectivity index is 1.73. The number of amides is 1. The van der Waals surface area contributed by atoms with Gasteiger partial charge in [0.25, 0.3) is 11.7 Å². The number of halogens is 1. The van der Waals surface area contributed by atoms with Crippen molar-refractivity contribution in [2.75, 3.05) is 6.54 Å². The van der Waals surface area contributed by atoms with E-state index in [9.17, 15) is 23.1 Å². The van der Waals surface area contributed by atoms with Crippen LogP contribution in [0.4, 0.5) is 0 Å². The Kier molecular flexibility index (Phi) is 7.68. The fourth-order valence-corrected chi connectivity index (χ4v) is 5.16. The highest BCUT2D eigenvalue weighted by Crippen LogP contribution is 2.40. The third kappa shape index (κ3) is 5.69. The lowest BCUT2D eigenvalue weighted by atomic mass is 9.93. The molecule has 0 saturated carbocycles. The maximum atomic E-state index is 13.2. The molecule has 1 heterocycles. The van der Waals surface area contributed by atoms with Crippen molar-refractivity contribution in [2.45, 2.75) is 37.1 Å². The maximum absolute atomic E-state index is 13.2. The van der Waals surface area contributed by atoms with Crippen LogP contribution in [0.25, 0.3) is 5.76 Å². The Labute approximate surface area is 224 Å². The number of likely N-dealkylation sites (tertiary alicyclic amines) is 1. The van der Waals surface area contributed by atoms with Crippen molar-refractivity contribution in [3.05, 3.63) is 105 Å². The van der Waals surface area contributed by atoms with Gasteiger partial charge < -0.3 is 10.0 Å². The monoisotopic (exact) mass is 582 g/mol. The molecule has 1 aliphatic rings. The van der Waals surface area contributed by atoms with Gasteiger partial charge in [-0.3, -0.25) is 9.59 Å². The molecule has 1 amide bonds. The zero-order valence-electron chi connectivity index (χ0n) is 20.4. The molecular weight excluding hydrogens is 556 g/mol. The van der Waals surface area contributed by atoms with E-state index in [4.69, 9.17) is 5.14 Å². The summed E-state index contributed by atoms with van der Waals surface area (Å²) in [6, 6.07) is 19.9. The normalized spacial score (nSPS) is 17.5. The molecule has 0 aliphatic carbocycles. The van der Waals surface area contributed by atoms with E-state index >= 15 is 0 Å². The van der Waals surface area contributed by atoms with Crippen molar-refractivity contribution in [3.63, 3.8) is 0 Å². The summed E-state index contributed by atoms with van der Waals surface area (Å²) >= 11 is 3.37. The number of rotatable bonds is 7. The summed E-state index contributed by atoms with van der Waals surface area (Å²) in [6.07, 6.45) is 0.372. The number of ketones is 1. The highest BCUT2D eigenvalue weighted by atomic mass is 79.9. The number of sulfonamides is 1. The molecule has 0 spiro atoms. The minimum atomic E-state index is -3.81. The van der Waals surface area contributed by atoms with Crippen molar-refractivity contribution in [1.82, 2.24) is 4.90 Å². The molecule has 1 unspecified atom stereocenters. The van der Waals surface area contributed by atoms with Crippen LogP contribution in [-0.4, -0.2) is 36.7 Å². The first-order chi connectivity index (χ1) is 17.5. The van der Waals surface area contributed by atoms with Crippen LogP contribution >= 0.6 is 15.9 Å². The van der Waals surface area contributed by atoms with Gasteiger partial charge >= 0.3 is 0 Å². The van der Waals surface area contributed by atoms with Gasteiger partial charge in [0.15, 0.2) is 0 Å². The number of aliphatic hydroxyl groups excluding tert-OH is 1. The highest BCUT2D eigenvalue weighted by Gasteiger charge is 2.45. The van der Waals surface area contributed by atoms with Crippen molar-refractivity contribution in [1.29, 1.82) is 0 Å². The molecule has 3 aromatic carbocycles. The Hall–Kier alpha value is -3.27. The molecule has 1 fully saturated rings. The molecule has 0 bridgehead atoms. The van der Waals surface area contributed by atoms with Gasteiger partial charge in [-0.05, 0) is 53.3 Å². The first kappa shape index (κ1) is 26.8. The Morgan fingerprint density at radius 1 is 0.973 bits per heavy atom. The Morgan fingerprint density at radius 3 is 2.11 bits per heavy atom. The maximum Gasteiger partial charge on any atom is 0.295 e. The molecule has 3 N–H and O–H groups in total. The molecule has 1 saturated heterocycles. The zero-order chi connectivity index (χ0) is 26.9. The number of Topliss-reactive ketones (excluding diaryl/α,β-unsaturated/α-hetero) is 1. The lowest BCUT2D eigenvalue weighted by molar-refractivity contribution is -0.139. The van der Waals surface area contributed by atoms with Gasteiger partial charge in [-0.2, -0.15) is 0 Å². The van der Waals surface area contributed by atoms with Crippen LogP contribution in [0.2, 0.25) is 0 Å². The molecule has 192 valence electrons. The number of benzene rings is 3. The minimum Gasteiger partial charge on any atom is -0.507 e. The SMILES string of the molecule is CC(C)c1ccc(C2/C(=C(\O)c3ccc(Br)cc3)C(=O)C(=O)N2CCc2ccc(S(N)(=O)=O)cc2)cc1. The van der Waals surface area contributed by atoms with Crippen LogP contribution in [0.5, 0.6) is 0 Å². The van der Waals surface area contributed by atoms with E-state index in [2.05, 4.69) is 29.8 Å². The number of aliphatic hydroxyl groups is 1. The van der Waals surface area contributed by atoms with Crippen LogP contribution < -0.4 is 5.14 Å². The van der Waals surface area contributed by atoms with E-state index in [1.54, 1.807) is 36.4 Å². The number of nitrogens with zero attached hydrogens (tertiary/aromatic N) is 1. The summed E-state index contributed by atoms with van der Waals surface area (Å²) in [7, 11) is -3.81. The van der Waals surface area contributed by atoms with Gasteiger partial charge in [-0.25, -0.2) is 13.6 Å². The number of hydrogen-bond donors (Lipinski definition) is 2. The summed E-state index contributed by atoms with van der Waals surface area (Å²) in [5.41, 5.74) is 3.07. The van der Waals surface area contributed by atoms with Gasteiger partial charge in [0.1, 0.15) is 5.76 Å². The second-order valence-electron chi connectivity index (χ2n) is 9.26. The van der Waals surface area contributed by atoms with Gasteiger partial charge in [0.05, 0.1) is 16.5 Å². The van der Waals surface area contributed by atoms with E-state index in [0.29, 0.717) is 23.5 Å². The van der Waals surface area contributed by atoms with E-state index in [-0.39, 0.29) is 22.8 Å². The summed E-state index contributed by atoms with van der Waals surface area (Å²) < 4.78 is 23.9. The average Bonchev–Trinajstić information content (AvgIpc) is 3.12. The third-order valence-electron chi connectivity index (χ3n) is 6.47. The minimum absolute atomic E-state index is 0.00330. The third-order valence-corrected chi connectivity index (χ3v) is 7.93. The lowest BCUT2D eigenvalue weighted by Crippen LogP contribution is -2.31. The lowest BCUT2D eigenvalue weighted by Gasteiger charge is -2.26. The van der Waals surface area contributed by atoms with Gasteiger partial charge in [0.2, 0.25) is 10.0 Å². The molecule has 1 aliphatic heterocycles. The molecular formula is C28H27BrN2O5S. The summed E-state index contributed by atoms with van der Waals surface area (Å²) in [4.78, 5) is 27.9. The van der Waals surface area contributed by atoms with Crippen LogP contribution in [0.3, 0.4) is 0 Å². The van der Waals surface area contributed by atoms with Crippen molar-refractivity contribution >= 4 is 43.4 Å². The molecule has 0 aromatic heterocycles. The molecule has 3 aromatic rings. The topological polar surface area (TPSA) is 118 Å². The predicted octanol–water partition coefficient (Wildman–Crippen LogP) is 4.88. The zero-order valence-corrected chi connectivity index (χ0v) is 22.8. The van der Waals surface area contributed by atoms with Crippen LogP contribution in [0.1, 0.15) is 48.1 Å². The van der Waals surface area contributed by atoms with E-state index in [1.807, 2.05) is 24.3 Å². The van der Waals surface area contributed by atoms with Gasteiger partial charge in [-0.1, -0.05) is 78.3 Å². The van der Waals surface area contributed by atoms with E-state index in [1.165, 1.54) is 17.0 Å². The Bertz CT molecular complexity index is 1460. The van der Waals surface area contributed by atoms with Crippen LogP contribution in [-0.2, 0) is 26.0 Å². The first-order valence-electron chi connectivity index (χ1n) is 11.7. The summed E-state index contributed by atoms with van der Waals surface area (Å²) in [6.45, 7) is 4.35. The standard InChI is InChI=1S/C28H27BrN2O5S/c1-17(2)19-5-7-20(8-6-19)25-24(26(32)21-9-11-22(29)12-10-21)27(33)28(34)31(25)16-15-18-3-13-23(14-4-18)37(30,35)36/h3-14,17,25,32H,15-16H2,1-2H3,(H2,30,35,36)/b26-24+. The summed E-state index contributed by atoms with van der Waals surface area (Å²) in [5, 5.41) is 16.4. The molecule has 9 heteroatoms. The quantitative estimate of drug-likeness (QED) is 0.234. The molecule has 4 rings (SSSR count). The molecule has 0 radical (unpaired) electrons. The van der Waals surface area contributed by atoms with Crippen LogP contribution in [0, 0.1) is 0 Å². The smallest absolute Gasteiger partial charge is 0.295 e. The molecule has 37 heavy (non-hydrogen) atoms. The fraction of sp³-hybridized carbons (Fsp3) is 0.214. The number of carbonyl (C=O) groups is 2. The number of carbonyl (C=O) groups excluding carboxylic acids is 2. The molecule has 7 nitrogen and oxygen atoms in total. The van der Waals surface area contributed by atoms with E-state index < -0.39 is 27.8 Å². The molecule has 1 atom stereocenters. The van der Waals surface area contributed by atoms with Crippen molar-refractivity contribution in [3.8, 4) is 0 Å². The number of nitrogens with two attached hydrogens (primary N) is 1. The second kappa shape index (κ2) is 10.6. The van der Waals surface area contributed by atoms with E-state index in [0.717, 1.165) is 15.6 Å². The largest absolute Gasteiger partial charge is 0.507 e. The van der Waals surface area contributed by atoms with Crippen LogP contribution in [0.15, 0.2) is 87.7 Å². The Morgan fingerprint density at radius 2 is 1.57 bits per heavy atom. The highest BCUT2D eigenvalue weighted by molar-refractivity contribution is 9.10.